The van der Waals surface area contributed by atoms with E-state index in [1.165, 1.54) is 38.5 Å². The maximum Gasteiger partial charge on any atom is 0.136 e. The molecule has 0 aromatic carbocycles. The van der Waals surface area contributed by atoms with Gasteiger partial charge < -0.3 is 10.2 Å². The minimum absolute atomic E-state index is 0.0481. The molecule has 3 heteroatoms. The van der Waals surface area contributed by atoms with Crippen molar-refractivity contribution in [3.05, 3.63) is 0 Å². The van der Waals surface area contributed by atoms with Crippen molar-refractivity contribution in [1.82, 2.24) is 0 Å². The molecule has 4 aliphatic carbocycles. The van der Waals surface area contributed by atoms with E-state index >= 15 is 0 Å². The second kappa shape index (κ2) is 7.62. The first-order chi connectivity index (χ1) is 13.6. The van der Waals surface area contributed by atoms with Crippen LogP contribution in [-0.2, 0) is 4.79 Å². The van der Waals surface area contributed by atoms with Crippen molar-refractivity contribution in [2.75, 3.05) is 0 Å². The van der Waals surface area contributed by atoms with Crippen LogP contribution >= 0.6 is 0 Å². The maximum atomic E-state index is 13.2. The third kappa shape index (κ3) is 3.34. The Kier molecular flexibility index (Phi) is 5.73. The first-order valence-electron chi connectivity index (χ1n) is 12.5. The molecule has 11 atom stereocenters. The lowest BCUT2D eigenvalue weighted by Gasteiger charge is -2.61. The molecule has 0 aromatic heterocycles. The molecule has 0 radical (unpaired) electrons. The predicted molar refractivity (Wildman–Crippen MR) is 116 cm³/mol. The predicted octanol–water partition coefficient (Wildman–Crippen LogP) is 5.23. The maximum absolute atomic E-state index is 13.2. The number of carbonyl (C=O) groups excluding carboxylic acids is 1. The fraction of sp³-hybridized carbons (Fsp3) is 0.962. The fourth-order valence-electron chi connectivity index (χ4n) is 9.01. The van der Waals surface area contributed by atoms with Crippen molar-refractivity contribution in [3.63, 3.8) is 0 Å². The van der Waals surface area contributed by atoms with Crippen LogP contribution in [0.5, 0.6) is 0 Å². The summed E-state index contributed by atoms with van der Waals surface area (Å²) in [6.45, 7) is 12.0. The molecule has 0 heterocycles. The summed E-state index contributed by atoms with van der Waals surface area (Å²) in [6, 6.07) is 0. The first-order valence-corrected chi connectivity index (χ1v) is 12.5. The van der Waals surface area contributed by atoms with Crippen LogP contribution in [0.25, 0.3) is 0 Å². The number of rotatable bonds is 4. The average molecular weight is 405 g/mol. The van der Waals surface area contributed by atoms with Crippen LogP contribution < -0.4 is 0 Å². The SMILES string of the molecule is CC[C@@H](C)C[C@@H](C)[C@H]1CC[C@H]2[C@@H]3CC(=O)[C@H]4C[C@H](O)[C@H](O)C[C@]4(C)[C@H]3CC[C@]12C. The zero-order chi connectivity index (χ0) is 21.1. The number of hydrogen-bond donors (Lipinski definition) is 2. The van der Waals surface area contributed by atoms with Gasteiger partial charge in [-0.2, -0.15) is 0 Å². The van der Waals surface area contributed by atoms with Crippen LogP contribution in [0.2, 0.25) is 0 Å². The Hall–Kier alpha value is -0.410. The number of fused-ring (bicyclic) bond motifs is 5. The third-order valence-corrected chi connectivity index (χ3v) is 10.7. The molecular weight excluding hydrogens is 360 g/mol. The van der Waals surface area contributed by atoms with Gasteiger partial charge in [0.15, 0.2) is 0 Å². The van der Waals surface area contributed by atoms with Gasteiger partial charge in [0, 0.05) is 12.3 Å². The van der Waals surface area contributed by atoms with Gasteiger partial charge in [-0.25, -0.2) is 0 Å². The first kappa shape index (κ1) is 21.8. The molecule has 0 amide bonds. The van der Waals surface area contributed by atoms with Crippen LogP contribution in [0.4, 0.5) is 0 Å². The zero-order valence-corrected chi connectivity index (χ0v) is 19.4. The Balaban J connectivity index is 1.58. The lowest BCUT2D eigenvalue weighted by molar-refractivity contribution is -0.173. The van der Waals surface area contributed by atoms with E-state index < -0.39 is 12.2 Å². The molecule has 29 heavy (non-hydrogen) atoms. The highest BCUT2D eigenvalue weighted by molar-refractivity contribution is 5.83. The van der Waals surface area contributed by atoms with E-state index in [9.17, 15) is 15.0 Å². The lowest BCUT2D eigenvalue weighted by Crippen LogP contribution is -2.59. The Morgan fingerprint density at radius 3 is 2.41 bits per heavy atom. The van der Waals surface area contributed by atoms with Crippen molar-refractivity contribution in [2.45, 2.75) is 105 Å². The van der Waals surface area contributed by atoms with E-state index in [4.69, 9.17) is 0 Å². The van der Waals surface area contributed by atoms with Gasteiger partial charge in [-0.15, -0.1) is 0 Å². The van der Waals surface area contributed by atoms with Gasteiger partial charge in [0.25, 0.3) is 0 Å². The summed E-state index contributed by atoms with van der Waals surface area (Å²) in [5, 5.41) is 20.7. The zero-order valence-electron chi connectivity index (χ0n) is 19.4. The largest absolute Gasteiger partial charge is 0.390 e. The van der Waals surface area contributed by atoms with Gasteiger partial charge in [0.1, 0.15) is 5.78 Å². The van der Waals surface area contributed by atoms with Gasteiger partial charge in [0.05, 0.1) is 12.2 Å². The highest BCUT2D eigenvalue weighted by atomic mass is 16.3. The van der Waals surface area contributed by atoms with E-state index in [-0.39, 0.29) is 11.3 Å². The molecule has 4 fully saturated rings. The topological polar surface area (TPSA) is 57.5 Å². The molecule has 4 rings (SSSR count). The molecule has 4 saturated carbocycles. The number of hydrogen-bond acceptors (Lipinski definition) is 3. The van der Waals surface area contributed by atoms with Gasteiger partial charge in [-0.3, -0.25) is 4.79 Å². The summed E-state index contributed by atoms with van der Waals surface area (Å²) in [7, 11) is 0. The molecular formula is C26H44O3. The standard InChI is InChI=1S/C26H44O3/c1-6-15(2)11-16(3)18-7-8-19-17-12-22(27)21-13-23(28)24(29)14-26(21,5)20(17)9-10-25(18,19)4/h15-21,23-24,28-29H,6-14H2,1-5H3/t15-,16-,17+,18-,19+,20+,21-,23+,24-,25-,26-/m1/s1. The van der Waals surface area contributed by atoms with Crippen molar-refractivity contribution < 1.29 is 15.0 Å². The summed E-state index contributed by atoms with van der Waals surface area (Å²) in [5.74, 6) is 4.38. The van der Waals surface area contributed by atoms with E-state index in [0.717, 1.165) is 24.2 Å². The molecule has 166 valence electrons. The van der Waals surface area contributed by atoms with Gasteiger partial charge >= 0.3 is 0 Å². The van der Waals surface area contributed by atoms with Crippen LogP contribution in [-0.4, -0.2) is 28.2 Å². The van der Waals surface area contributed by atoms with E-state index in [1.807, 2.05) is 0 Å². The monoisotopic (exact) mass is 404 g/mol. The smallest absolute Gasteiger partial charge is 0.136 e. The Morgan fingerprint density at radius 1 is 1.03 bits per heavy atom. The molecule has 0 aromatic rings. The van der Waals surface area contributed by atoms with E-state index in [1.54, 1.807) is 0 Å². The summed E-state index contributed by atoms with van der Waals surface area (Å²) in [4.78, 5) is 13.2. The van der Waals surface area contributed by atoms with Crippen LogP contribution in [0.15, 0.2) is 0 Å². The lowest BCUT2D eigenvalue weighted by atomic mass is 9.44. The van der Waals surface area contributed by atoms with Crippen LogP contribution in [0.3, 0.4) is 0 Å². The highest BCUT2D eigenvalue weighted by Gasteiger charge is 2.63. The van der Waals surface area contributed by atoms with Crippen molar-refractivity contribution in [1.29, 1.82) is 0 Å². The van der Waals surface area contributed by atoms with Crippen molar-refractivity contribution in [2.24, 2.45) is 52.3 Å². The molecule has 3 nitrogen and oxygen atoms in total. The van der Waals surface area contributed by atoms with Gasteiger partial charge in [0.2, 0.25) is 0 Å². The summed E-state index contributed by atoms with van der Waals surface area (Å²) >= 11 is 0. The Morgan fingerprint density at radius 2 is 1.72 bits per heavy atom. The molecule has 0 saturated heterocycles. The minimum atomic E-state index is -0.723. The molecule has 0 spiro atoms. The van der Waals surface area contributed by atoms with Crippen molar-refractivity contribution >= 4 is 5.78 Å². The summed E-state index contributed by atoms with van der Waals surface area (Å²) < 4.78 is 0. The molecule has 4 aliphatic rings. The molecule has 0 bridgehead atoms. The normalized spacial score (nSPS) is 51.7. The molecule has 0 aliphatic heterocycles. The summed E-state index contributed by atoms with van der Waals surface area (Å²) in [6.07, 6.45) is 8.10. The number of aliphatic hydroxyl groups is 2. The average Bonchev–Trinajstić information content (AvgIpc) is 3.01. The van der Waals surface area contributed by atoms with Gasteiger partial charge in [-0.1, -0.05) is 41.0 Å². The quantitative estimate of drug-likeness (QED) is 0.675. The Bertz CT molecular complexity index is 631. The van der Waals surface area contributed by atoms with Crippen LogP contribution in [0, 0.1) is 52.3 Å². The molecule has 2 N–H and O–H groups in total. The number of carbonyl (C=O) groups is 1. The summed E-state index contributed by atoms with van der Waals surface area (Å²) in [5.41, 5.74) is 0.255. The van der Waals surface area contributed by atoms with E-state index in [0.29, 0.717) is 41.8 Å². The Labute approximate surface area is 178 Å². The minimum Gasteiger partial charge on any atom is -0.390 e. The number of Topliss-reactive ketones (excluding diaryl/α,β-unsaturated/α-hetero) is 1. The van der Waals surface area contributed by atoms with E-state index in [2.05, 4.69) is 34.6 Å². The van der Waals surface area contributed by atoms with Gasteiger partial charge in [-0.05, 0) is 91.3 Å². The fourth-order valence-corrected chi connectivity index (χ4v) is 9.01. The number of aliphatic hydroxyl groups excluding tert-OH is 2. The number of ketones is 1. The highest BCUT2D eigenvalue weighted by Crippen LogP contribution is 2.67. The molecule has 0 unspecified atom stereocenters. The van der Waals surface area contributed by atoms with Crippen molar-refractivity contribution in [3.8, 4) is 0 Å². The van der Waals surface area contributed by atoms with Crippen LogP contribution in [0.1, 0.15) is 92.4 Å². The second-order valence-corrected chi connectivity index (χ2v) is 12.1. The third-order valence-electron chi connectivity index (χ3n) is 10.7. The second-order valence-electron chi connectivity index (χ2n) is 12.1.